The van der Waals surface area contributed by atoms with Gasteiger partial charge in [-0.2, -0.15) is 4.98 Å². The van der Waals surface area contributed by atoms with Gasteiger partial charge in [0.25, 0.3) is 0 Å². The highest BCUT2D eigenvalue weighted by Gasteiger charge is 2.53. The van der Waals surface area contributed by atoms with Gasteiger partial charge in [0.2, 0.25) is 27.8 Å². The van der Waals surface area contributed by atoms with Crippen molar-refractivity contribution in [2.45, 2.75) is 37.0 Å². The quantitative estimate of drug-likeness (QED) is 0.227. The second-order valence-corrected chi connectivity index (χ2v) is 12.3. The molecule has 4 N–H and O–H groups in total. The third kappa shape index (κ3) is 5.22. The first-order valence-electron chi connectivity index (χ1n) is 13.6. The standard InChI is InChI=1S/C30H28F2N8O3S/c1-17-7-9-20(16-24(17)44(33,42)43)35-28-34-14-11-25(36-28)39(3)40-23-6-4-5-18(2)26(23)37-29(40)38-27(41)30(12-13-30)21-15-19(31)8-10-22(21)32/h4-11,14-16H,12-13H2,1-3H3,(H2,33,42,43)(H,34,35,36)(H,37,38,41). The second-order valence-electron chi connectivity index (χ2n) is 10.8. The molecule has 5 aromatic rings. The van der Waals surface area contributed by atoms with E-state index in [-0.39, 0.29) is 22.4 Å². The van der Waals surface area contributed by atoms with Gasteiger partial charge in [0.05, 0.1) is 21.3 Å². The zero-order chi connectivity index (χ0) is 31.4. The normalized spacial score (nSPS) is 14.0. The molecule has 1 aliphatic carbocycles. The lowest BCUT2D eigenvalue weighted by Crippen LogP contribution is -2.33. The van der Waals surface area contributed by atoms with E-state index in [4.69, 9.17) is 10.1 Å². The van der Waals surface area contributed by atoms with Crippen LogP contribution in [-0.2, 0) is 20.2 Å². The lowest BCUT2D eigenvalue weighted by atomic mass is 9.94. The van der Waals surface area contributed by atoms with Crippen LogP contribution in [-0.4, -0.2) is 41.0 Å². The monoisotopic (exact) mass is 618 g/mol. The average molecular weight is 619 g/mol. The van der Waals surface area contributed by atoms with Crippen molar-refractivity contribution in [2.75, 3.05) is 22.7 Å². The predicted octanol–water partition coefficient (Wildman–Crippen LogP) is 4.68. The Balaban J connectivity index is 1.35. The Morgan fingerprint density at radius 3 is 2.52 bits per heavy atom. The molecule has 0 radical (unpaired) electrons. The van der Waals surface area contributed by atoms with Crippen molar-refractivity contribution in [3.63, 3.8) is 0 Å². The molecule has 0 bridgehead atoms. The molecule has 14 heteroatoms. The minimum atomic E-state index is -3.94. The number of imidazole rings is 1. The lowest BCUT2D eigenvalue weighted by molar-refractivity contribution is -0.118. The number of hydrogen-bond donors (Lipinski definition) is 3. The van der Waals surface area contributed by atoms with Gasteiger partial charge in [-0.15, -0.1) is 0 Å². The largest absolute Gasteiger partial charge is 0.324 e. The molecule has 1 aliphatic rings. The summed E-state index contributed by atoms with van der Waals surface area (Å²) in [5.74, 6) is -1.04. The van der Waals surface area contributed by atoms with E-state index in [2.05, 4.69) is 20.6 Å². The van der Waals surface area contributed by atoms with E-state index >= 15 is 0 Å². The molecular weight excluding hydrogens is 590 g/mol. The van der Waals surface area contributed by atoms with Crippen molar-refractivity contribution in [3.8, 4) is 0 Å². The van der Waals surface area contributed by atoms with Crippen LogP contribution in [0.4, 0.5) is 32.2 Å². The predicted molar refractivity (Wildman–Crippen MR) is 162 cm³/mol. The third-order valence-corrected chi connectivity index (χ3v) is 8.79. The molecule has 0 spiro atoms. The Morgan fingerprint density at radius 1 is 1.02 bits per heavy atom. The Morgan fingerprint density at radius 2 is 1.80 bits per heavy atom. The first kappa shape index (κ1) is 29.1. The number of halogens is 2. The van der Waals surface area contributed by atoms with E-state index in [1.54, 1.807) is 41.9 Å². The molecule has 1 amide bonds. The first-order chi connectivity index (χ1) is 20.9. The third-order valence-electron chi connectivity index (χ3n) is 7.74. The number of nitrogens with two attached hydrogens (primary N) is 1. The number of aromatic nitrogens is 4. The molecule has 0 aliphatic heterocycles. The number of aryl methyl sites for hydroxylation is 2. The van der Waals surface area contributed by atoms with Crippen LogP contribution in [0.3, 0.4) is 0 Å². The van der Waals surface area contributed by atoms with Crippen molar-refractivity contribution >= 4 is 50.4 Å². The number of fused-ring (bicyclic) bond motifs is 1. The molecule has 0 saturated heterocycles. The van der Waals surface area contributed by atoms with Crippen LogP contribution in [0.1, 0.15) is 29.5 Å². The summed E-state index contributed by atoms with van der Waals surface area (Å²) in [6, 6.07) is 15.0. The fourth-order valence-corrected chi connectivity index (χ4v) is 6.05. The summed E-state index contributed by atoms with van der Waals surface area (Å²) in [5.41, 5.74) is 1.85. The van der Waals surface area contributed by atoms with Gasteiger partial charge in [-0.05, 0) is 74.2 Å². The number of amides is 1. The minimum absolute atomic E-state index is 0.00964. The molecule has 11 nitrogen and oxygen atoms in total. The summed E-state index contributed by atoms with van der Waals surface area (Å²) in [6.45, 7) is 3.53. The summed E-state index contributed by atoms with van der Waals surface area (Å²) in [4.78, 5) is 27.2. The first-order valence-corrected chi connectivity index (χ1v) is 15.1. The maximum absolute atomic E-state index is 14.7. The number of rotatable bonds is 8. The van der Waals surface area contributed by atoms with Crippen LogP contribution in [0, 0.1) is 25.5 Å². The number of nitrogens with one attached hydrogen (secondary N) is 2. The van der Waals surface area contributed by atoms with E-state index in [0.29, 0.717) is 40.9 Å². The van der Waals surface area contributed by atoms with Crippen molar-refractivity contribution in [2.24, 2.45) is 5.14 Å². The summed E-state index contributed by atoms with van der Waals surface area (Å²) < 4.78 is 54.4. The number of para-hydroxylation sites is 1. The molecule has 0 atom stereocenters. The number of sulfonamides is 1. The number of anilines is 4. The van der Waals surface area contributed by atoms with E-state index < -0.39 is 33.0 Å². The van der Waals surface area contributed by atoms with Crippen LogP contribution < -0.4 is 20.8 Å². The maximum Gasteiger partial charge on any atom is 0.238 e. The summed E-state index contributed by atoms with van der Waals surface area (Å²) >= 11 is 0. The van der Waals surface area contributed by atoms with Gasteiger partial charge in [-0.1, -0.05) is 18.2 Å². The average Bonchev–Trinajstić information content (AvgIpc) is 3.70. The zero-order valence-electron chi connectivity index (χ0n) is 24.0. The fraction of sp³-hybridized carbons (Fsp3) is 0.200. The topological polar surface area (TPSA) is 148 Å². The highest BCUT2D eigenvalue weighted by Crippen LogP contribution is 2.50. The number of carbonyl (C=O) groups excluding carboxylic acids is 1. The molecule has 6 rings (SSSR count). The Bertz CT molecular complexity index is 2060. The highest BCUT2D eigenvalue weighted by atomic mass is 32.2. The van der Waals surface area contributed by atoms with Crippen LogP contribution in [0.2, 0.25) is 0 Å². The number of hydrogen-bond acceptors (Lipinski definition) is 8. The Labute approximate surface area is 251 Å². The Hall–Kier alpha value is -4.95. The SMILES string of the molecule is Cc1ccc(Nc2nccc(N(C)n3c(NC(=O)C4(c5cc(F)ccc5F)CC4)nc4c(C)cccc43)n2)cc1S(N)(=O)=O. The second kappa shape index (κ2) is 10.6. The van der Waals surface area contributed by atoms with Crippen molar-refractivity contribution in [1.82, 2.24) is 19.6 Å². The van der Waals surface area contributed by atoms with E-state index in [9.17, 15) is 22.0 Å². The molecule has 3 aromatic carbocycles. The van der Waals surface area contributed by atoms with Gasteiger partial charge < -0.3 is 5.32 Å². The fourth-order valence-electron chi connectivity index (χ4n) is 5.25. The zero-order valence-corrected chi connectivity index (χ0v) is 24.8. The lowest BCUT2D eigenvalue weighted by Gasteiger charge is -2.24. The van der Waals surface area contributed by atoms with E-state index in [1.807, 2.05) is 25.1 Å². The van der Waals surface area contributed by atoms with Crippen molar-refractivity contribution in [1.29, 1.82) is 0 Å². The highest BCUT2D eigenvalue weighted by molar-refractivity contribution is 7.89. The molecule has 2 heterocycles. The number of benzene rings is 3. The van der Waals surface area contributed by atoms with Crippen LogP contribution >= 0.6 is 0 Å². The molecule has 2 aromatic heterocycles. The number of primary sulfonamides is 1. The number of nitrogens with zero attached hydrogens (tertiary/aromatic N) is 5. The molecular formula is C30H28F2N8O3S. The van der Waals surface area contributed by atoms with Gasteiger partial charge in [-0.3, -0.25) is 15.1 Å². The Kier molecular flexibility index (Phi) is 7.05. The van der Waals surface area contributed by atoms with Crippen LogP contribution in [0.25, 0.3) is 11.0 Å². The van der Waals surface area contributed by atoms with Crippen molar-refractivity contribution in [3.05, 3.63) is 95.2 Å². The summed E-state index contributed by atoms with van der Waals surface area (Å²) in [5, 5.41) is 12.9. The van der Waals surface area contributed by atoms with Gasteiger partial charge in [0.15, 0.2) is 5.82 Å². The molecule has 1 fully saturated rings. The van der Waals surface area contributed by atoms with Gasteiger partial charge in [0.1, 0.15) is 11.6 Å². The van der Waals surface area contributed by atoms with Gasteiger partial charge >= 0.3 is 0 Å². The van der Waals surface area contributed by atoms with Crippen LogP contribution in [0.5, 0.6) is 0 Å². The van der Waals surface area contributed by atoms with Gasteiger partial charge in [-0.25, -0.2) is 37.0 Å². The smallest absolute Gasteiger partial charge is 0.238 e. The minimum Gasteiger partial charge on any atom is -0.324 e. The molecule has 0 unspecified atom stereocenters. The van der Waals surface area contributed by atoms with E-state index in [1.165, 1.54) is 12.3 Å². The molecule has 44 heavy (non-hydrogen) atoms. The van der Waals surface area contributed by atoms with Gasteiger partial charge in [0, 0.05) is 30.6 Å². The number of carbonyl (C=O) groups is 1. The maximum atomic E-state index is 14.7. The molecule has 226 valence electrons. The molecule has 1 saturated carbocycles. The van der Waals surface area contributed by atoms with E-state index in [0.717, 1.165) is 23.8 Å². The summed E-state index contributed by atoms with van der Waals surface area (Å²) in [6.07, 6.45) is 2.24. The van der Waals surface area contributed by atoms with Crippen LogP contribution in [0.15, 0.2) is 71.8 Å². The summed E-state index contributed by atoms with van der Waals surface area (Å²) in [7, 11) is -2.22. The van der Waals surface area contributed by atoms with Crippen molar-refractivity contribution < 1.29 is 22.0 Å².